The van der Waals surface area contributed by atoms with E-state index in [4.69, 9.17) is 4.74 Å². The molecule has 5 heteroatoms. The van der Waals surface area contributed by atoms with Gasteiger partial charge in [-0.3, -0.25) is 4.79 Å². The maximum absolute atomic E-state index is 11.7. The molecule has 1 rings (SSSR count). The lowest BCUT2D eigenvalue weighted by molar-refractivity contribution is -0.121. The molecule has 0 radical (unpaired) electrons. The van der Waals surface area contributed by atoms with Gasteiger partial charge in [-0.05, 0) is 45.4 Å². The second-order valence-corrected chi connectivity index (χ2v) is 7.03. The average molecular weight is 270 g/mol. The van der Waals surface area contributed by atoms with E-state index in [2.05, 4.69) is 24.5 Å². The molecule has 110 valence electrons. The Bertz CT molecular complexity index is 345. The van der Waals surface area contributed by atoms with Crippen LogP contribution in [-0.4, -0.2) is 30.2 Å². The highest BCUT2D eigenvalue weighted by Crippen LogP contribution is 2.36. The third-order valence-electron chi connectivity index (χ3n) is 3.13. The Morgan fingerprint density at radius 2 is 1.95 bits per heavy atom. The predicted octanol–water partition coefficient (Wildman–Crippen LogP) is 2.21. The zero-order chi connectivity index (χ0) is 14.7. The molecule has 0 aliphatic heterocycles. The number of hydrogen-bond acceptors (Lipinski definition) is 3. The van der Waals surface area contributed by atoms with Gasteiger partial charge >= 0.3 is 6.09 Å². The maximum Gasteiger partial charge on any atom is 0.408 e. The third-order valence-corrected chi connectivity index (χ3v) is 3.13. The summed E-state index contributed by atoms with van der Waals surface area (Å²) >= 11 is 0. The first-order chi connectivity index (χ1) is 8.57. The van der Waals surface area contributed by atoms with Crippen LogP contribution in [0.2, 0.25) is 0 Å². The molecule has 0 aromatic carbocycles. The normalized spacial score (nSPS) is 21.8. The molecule has 0 heterocycles. The summed E-state index contributed by atoms with van der Waals surface area (Å²) in [6.45, 7) is 9.73. The van der Waals surface area contributed by atoms with E-state index in [-0.39, 0.29) is 18.5 Å². The SMILES string of the molecule is CC1(C)CCC(NC(=O)CNC(=O)OC(C)(C)C)C1. The fourth-order valence-electron chi connectivity index (χ4n) is 2.30. The van der Waals surface area contributed by atoms with Crippen molar-refractivity contribution in [3.05, 3.63) is 0 Å². The van der Waals surface area contributed by atoms with E-state index in [0.29, 0.717) is 5.41 Å². The van der Waals surface area contributed by atoms with Crippen molar-refractivity contribution >= 4 is 12.0 Å². The Morgan fingerprint density at radius 1 is 1.32 bits per heavy atom. The van der Waals surface area contributed by atoms with Crippen molar-refractivity contribution < 1.29 is 14.3 Å². The van der Waals surface area contributed by atoms with Crippen LogP contribution in [0.25, 0.3) is 0 Å². The van der Waals surface area contributed by atoms with E-state index in [1.807, 2.05) is 0 Å². The summed E-state index contributed by atoms with van der Waals surface area (Å²) in [7, 11) is 0. The fourth-order valence-corrected chi connectivity index (χ4v) is 2.30. The molecule has 0 aromatic rings. The Morgan fingerprint density at radius 3 is 2.42 bits per heavy atom. The van der Waals surface area contributed by atoms with E-state index in [9.17, 15) is 9.59 Å². The molecule has 1 unspecified atom stereocenters. The minimum atomic E-state index is -0.561. The highest BCUT2D eigenvalue weighted by Gasteiger charge is 2.31. The zero-order valence-electron chi connectivity index (χ0n) is 12.6. The molecular weight excluding hydrogens is 244 g/mol. The standard InChI is InChI=1S/C14H26N2O3/c1-13(2,3)19-12(18)15-9-11(17)16-10-6-7-14(4,5)8-10/h10H,6-9H2,1-5H3,(H,15,18)(H,16,17). The minimum Gasteiger partial charge on any atom is -0.444 e. The summed E-state index contributed by atoms with van der Waals surface area (Å²) in [6, 6.07) is 0.225. The second-order valence-electron chi connectivity index (χ2n) is 7.03. The molecular formula is C14H26N2O3. The number of nitrogens with one attached hydrogen (secondary N) is 2. The molecule has 2 amide bonds. The van der Waals surface area contributed by atoms with Gasteiger partial charge in [0.05, 0.1) is 0 Å². The van der Waals surface area contributed by atoms with Gasteiger partial charge in [0, 0.05) is 6.04 Å². The van der Waals surface area contributed by atoms with Crippen LogP contribution in [0.1, 0.15) is 53.9 Å². The van der Waals surface area contributed by atoms with Gasteiger partial charge < -0.3 is 15.4 Å². The van der Waals surface area contributed by atoms with Crippen LogP contribution in [0.3, 0.4) is 0 Å². The Labute approximate surface area is 115 Å². The maximum atomic E-state index is 11.7. The lowest BCUT2D eigenvalue weighted by Gasteiger charge is -2.20. The van der Waals surface area contributed by atoms with Crippen molar-refractivity contribution in [1.29, 1.82) is 0 Å². The number of alkyl carbamates (subject to hydrolysis) is 1. The van der Waals surface area contributed by atoms with Gasteiger partial charge in [0.15, 0.2) is 0 Å². The Hall–Kier alpha value is -1.26. The molecule has 19 heavy (non-hydrogen) atoms. The van der Waals surface area contributed by atoms with Gasteiger partial charge in [0.1, 0.15) is 12.1 Å². The number of ether oxygens (including phenoxy) is 1. The smallest absolute Gasteiger partial charge is 0.408 e. The van der Waals surface area contributed by atoms with E-state index in [0.717, 1.165) is 19.3 Å². The van der Waals surface area contributed by atoms with Crippen molar-refractivity contribution in [1.82, 2.24) is 10.6 Å². The number of hydrogen-bond donors (Lipinski definition) is 2. The molecule has 1 fully saturated rings. The molecule has 0 saturated heterocycles. The lowest BCUT2D eigenvalue weighted by Crippen LogP contribution is -2.42. The summed E-state index contributed by atoms with van der Waals surface area (Å²) in [6.07, 6.45) is 2.56. The summed E-state index contributed by atoms with van der Waals surface area (Å²) in [5, 5.41) is 5.40. The molecule has 1 saturated carbocycles. The number of amides is 2. The quantitative estimate of drug-likeness (QED) is 0.826. The van der Waals surface area contributed by atoms with E-state index in [1.54, 1.807) is 20.8 Å². The average Bonchev–Trinajstić information content (AvgIpc) is 2.52. The van der Waals surface area contributed by atoms with Crippen molar-refractivity contribution in [2.24, 2.45) is 5.41 Å². The topological polar surface area (TPSA) is 67.4 Å². The Balaban J connectivity index is 2.24. The minimum absolute atomic E-state index is 0.0359. The van der Waals surface area contributed by atoms with Gasteiger partial charge in [-0.25, -0.2) is 4.79 Å². The Kier molecular flexibility index (Phi) is 4.82. The van der Waals surface area contributed by atoms with Gasteiger partial charge in [-0.15, -0.1) is 0 Å². The van der Waals surface area contributed by atoms with Crippen LogP contribution < -0.4 is 10.6 Å². The largest absolute Gasteiger partial charge is 0.444 e. The highest BCUT2D eigenvalue weighted by atomic mass is 16.6. The number of carbonyl (C=O) groups excluding carboxylic acids is 2. The van der Waals surface area contributed by atoms with E-state index < -0.39 is 11.7 Å². The highest BCUT2D eigenvalue weighted by molar-refractivity contribution is 5.82. The van der Waals surface area contributed by atoms with Crippen molar-refractivity contribution in [3.63, 3.8) is 0 Å². The molecule has 5 nitrogen and oxygen atoms in total. The fraction of sp³-hybridized carbons (Fsp3) is 0.857. The molecule has 1 aliphatic rings. The van der Waals surface area contributed by atoms with Crippen LogP contribution in [-0.2, 0) is 9.53 Å². The van der Waals surface area contributed by atoms with Gasteiger partial charge in [-0.1, -0.05) is 13.8 Å². The van der Waals surface area contributed by atoms with E-state index in [1.165, 1.54) is 0 Å². The summed E-state index contributed by atoms with van der Waals surface area (Å²) < 4.78 is 5.06. The monoisotopic (exact) mass is 270 g/mol. The van der Waals surface area contributed by atoms with Crippen LogP contribution >= 0.6 is 0 Å². The van der Waals surface area contributed by atoms with Crippen LogP contribution in [0.4, 0.5) is 4.79 Å². The summed E-state index contributed by atoms with van der Waals surface area (Å²) in [5.41, 5.74) is -0.243. The van der Waals surface area contributed by atoms with Crippen molar-refractivity contribution in [2.45, 2.75) is 65.5 Å². The van der Waals surface area contributed by atoms with Crippen LogP contribution in [0.15, 0.2) is 0 Å². The summed E-state index contributed by atoms with van der Waals surface area (Å²) in [5.74, 6) is -0.159. The zero-order valence-corrected chi connectivity index (χ0v) is 12.6. The first-order valence-corrected chi connectivity index (χ1v) is 6.84. The molecule has 0 aromatic heterocycles. The number of carbonyl (C=O) groups is 2. The molecule has 1 aliphatic carbocycles. The first-order valence-electron chi connectivity index (χ1n) is 6.84. The van der Waals surface area contributed by atoms with Gasteiger partial charge in [0.25, 0.3) is 0 Å². The first kappa shape index (κ1) is 15.8. The van der Waals surface area contributed by atoms with Crippen molar-refractivity contribution in [2.75, 3.05) is 6.54 Å². The van der Waals surface area contributed by atoms with Crippen LogP contribution in [0.5, 0.6) is 0 Å². The molecule has 0 spiro atoms. The third kappa shape index (κ3) is 6.45. The number of rotatable bonds is 3. The second kappa shape index (κ2) is 5.80. The lowest BCUT2D eigenvalue weighted by atomic mass is 9.92. The molecule has 2 N–H and O–H groups in total. The van der Waals surface area contributed by atoms with Crippen molar-refractivity contribution in [3.8, 4) is 0 Å². The molecule has 1 atom stereocenters. The summed E-state index contributed by atoms with van der Waals surface area (Å²) in [4.78, 5) is 23.1. The molecule has 0 bridgehead atoms. The van der Waals surface area contributed by atoms with Gasteiger partial charge in [-0.2, -0.15) is 0 Å². The van der Waals surface area contributed by atoms with E-state index >= 15 is 0 Å². The van der Waals surface area contributed by atoms with Crippen LogP contribution in [0, 0.1) is 5.41 Å². The predicted molar refractivity (Wildman–Crippen MR) is 73.8 cm³/mol. The van der Waals surface area contributed by atoms with Gasteiger partial charge in [0.2, 0.25) is 5.91 Å².